The lowest BCUT2D eigenvalue weighted by Crippen LogP contribution is -2.07. The van der Waals surface area contributed by atoms with Gasteiger partial charge in [-0.15, -0.1) is 5.11 Å². The van der Waals surface area contributed by atoms with Gasteiger partial charge < -0.3 is 10.6 Å². The van der Waals surface area contributed by atoms with Crippen LogP contribution in [0.3, 0.4) is 0 Å². The first-order valence-electron chi connectivity index (χ1n) is 9.90. The summed E-state index contributed by atoms with van der Waals surface area (Å²) in [4.78, 5) is 12.0. The summed E-state index contributed by atoms with van der Waals surface area (Å²) >= 11 is 0. The fourth-order valence-electron chi connectivity index (χ4n) is 2.80. The minimum atomic E-state index is -4.41. The zero-order valence-electron chi connectivity index (χ0n) is 16.8. The van der Waals surface area contributed by atoms with Gasteiger partial charge in [-0.3, -0.25) is 4.98 Å². The van der Waals surface area contributed by atoms with Crippen LogP contribution >= 0.6 is 0 Å². The molecule has 32 heavy (non-hydrogen) atoms. The molecule has 1 aromatic carbocycles. The van der Waals surface area contributed by atoms with E-state index in [0.717, 1.165) is 31.2 Å². The van der Waals surface area contributed by atoms with Crippen LogP contribution in [-0.2, 0) is 12.7 Å². The second-order valence-corrected chi connectivity index (χ2v) is 7.33. The molecule has 7 nitrogen and oxygen atoms in total. The smallest absolute Gasteiger partial charge is 0.367 e. The van der Waals surface area contributed by atoms with Crippen molar-refractivity contribution >= 4 is 23.1 Å². The normalized spacial score (nSPS) is 14.0. The molecule has 11 heteroatoms. The molecule has 0 unspecified atom stereocenters. The summed E-state index contributed by atoms with van der Waals surface area (Å²) in [5.74, 6) is 0.151. The number of halogens is 4. The number of hydrogen-bond donors (Lipinski definition) is 2. The first-order chi connectivity index (χ1) is 15.4. The van der Waals surface area contributed by atoms with Crippen molar-refractivity contribution in [2.75, 3.05) is 17.2 Å². The maximum absolute atomic E-state index is 13.8. The van der Waals surface area contributed by atoms with Gasteiger partial charge in [0.05, 0.1) is 29.3 Å². The number of nitrogens with one attached hydrogen (secondary N) is 2. The Balaban J connectivity index is 1.34. The highest BCUT2D eigenvalue weighted by atomic mass is 19.4. The van der Waals surface area contributed by atoms with Crippen molar-refractivity contribution in [3.05, 3.63) is 65.9 Å². The summed E-state index contributed by atoms with van der Waals surface area (Å²) < 4.78 is 52.2. The van der Waals surface area contributed by atoms with E-state index in [-0.39, 0.29) is 18.3 Å². The van der Waals surface area contributed by atoms with E-state index in [4.69, 9.17) is 0 Å². The molecule has 1 aliphatic carbocycles. The third kappa shape index (κ3) is 5.96. The lowest BCUT2D eigenvalue weighted by Gasteiger charge is -2.10. The number of nitrogens with zero attached hydrogens (tertiary/aromatic N) is 5. The summed E-state index contributed by atoms with van der Waals surface area (Å²) in [5.41, 5.74) is 0.672. The molecule has 1 fully saturated rings. The van der Waals surface area contributed by atoms with Gasteiger partial charge in [-0.25, -0.2) is 9.37 Å². The van der Waals surface area contributed by atoms with E-state index in [9.17, 15) is 17.6 Å². The van der Waals surface area contributed by atoms with Gasteiger partial charge in [0.1, 0.15) is 6.54 Å². The van der Waals surface area contributed by atoms with Gasteiger partial charge in [-0.05, 0) is 49.1 Å². The van der Waals surface area contributed by atoms with E-state index >= 15 is 0 Å². The van der Waals surface area contributed by atoms with Crippen LogP contribution in [0.25, 0.3) is 0 Å². The van der Waals surface area contributed by atoms with Gasteiger partial charge >= 0.3 is 6.18 Å². The van der Waals surface area contributed by atoms with Crippen molar-refractivity contribution in [1.29, 1.82) is 0 Å². The maximum atomic E-state index is 13.8. The van der Waals surface area contributed by atoms with E-state index in [1.165, 1.54) is 18.3 Å². The molecule has 4 rings (SSSR count). The Labute approximate surface area is 181 Å². The summed E-state index contributed by atoms with van der Waals surface area (Å²) in [5, 5.41) is 13.7. The van der Waals surface area contributed by atoms with Crippen molar-refractivity contribution in [2.45, 2.75) is 25.6 Å². The highest BCUT2D eigenvalue weighted by Crippen LogP contribution is 2.31. The third-order valence-corrected chi connectivity index (χ3v) is 4.68. The van der Waals surface area contributed by atoms with Crippen LogP contribution < -0.4 is 10.6 Å². The second-order valence-electron chi connectivity index (χ2n) is 7.33. The molecule has 0 saturated heterocycles. The number of pyridine rings is 1. The van der Waals surface area contributed by atoms with Crippen LogP contribution in [0.1, 0.15) is 24.1 Å². The zero-order chi connectivity index (χ0) is 22.6. The molecular formula is C21H19F4N7. The highest BCUT2D eigenvalue weighted by Gasteiger charge is 2.30. The van der Waals surface area contributed by atoms with Crippen LogP contribution in [0.15, 0.2) is 59.0 Å². The Morgan fingerprint density at radius 3 is 2.59 bits per heavy atom. The number of azo groups is 1. The predicted octanol–water partition coefficient (Wildman–Crippen LogP) is 5.88. The van der Waals surface area contributed by atoms with Crippen molar-refractivity contribution < 1.29 is 17.6 Å². The average Bonchev–Trinajstić information content (AvgIpc) is 3.59. The summed E-state index contributed by atoms with van der Waals surface area (Å²) in [6.07, 6.45) is 0.386. The molecule has 0 aliphatic heterocycles. The molecule has 3 aromatic rings. The fourth-order valence-corrected chi connectivity index (χ4v) is 2.80. The van der Waals surface area contributed by atoms with Crippen molar-refractivity contribution in [1.82, 2.24) is 15.0 Å². The fraction of sp³-hybridized carbons (Fsp3) is 0.286. The predicted molar refractivity (Wildman–Crippen MR) is 110 cm³/mol. The molecule has 1 aliphatic rings. The van der Waals surface area contributed by atoms with Crippen LogP contribution in [0.5, 0.6) is 0 Å². The third-order valence-electron chi connectivity index (χ3n) is 4.68. The van der Waals surface area contributed by atoms with Gasteiger partial charge in [0.2, 0.25) is 0 Å². The standard InChI is InChI=1S/C21H19F4N7/c22-18-12-28-20(31-19(18)27-9-13-4-5-13)32-29-11-16-6-7-17(10-26-16)30-15-3-1-2-14(8-15)21(23,24)25/h1-3,6-8,10,12-13,30H,4-5,9,11H2,(H,27,28,31). The molecule has 0 spiro atoms. The molecule has 2 N–H and O–H groups in total. The lowest BCUT2D eigenvalue weighted by atomic mass is 10.2. The van der Waals surface area contributed by atoms with Crippen LogP contribution in [-0.4, -0.2) is 21.5 Å². The molecule has 166 valence electrons. The van der Waals surface area contributed by atoms with E-state index in [1.807, 2.05) is 0 Å². The van der Waals surface area contributed by atoms with Gasteiger partial charge in [0.25, 0.3) is 5.95 Å². The largest absolute Gasteiger partial charge is 0.416 e. The molecule has 0 amide bonds. The summed E-state index contributed by atoms with van der Waals surface area (Å²) in [6.45, 7) is 0.796. The molecule has 1 saturated carbocycles. The van der Waals surface area contributed by atoms with E-state index in [2.05, 4.69) is 35.8 Å². The second kappa shape index (κ2) is 9.25. The number of aromatic nitrogens is 3. The monoisotopic (exact) mass is 445 g/mol. The maximum Gasteiger partial charge on any atom is 0.416 e. The molecule has 0 radical (unpaired) electrons. The van der Waals surface area contributed by atoms with Gasteiger partial charge in [0.15, 0.2) is 11.6 Å². The Hall–Kier alpha value is -3.63. The lowest BCUT2D eigenvalue weighted by molar-refractivity contribution is -0.137. The summed E-state index contributed by atoms with van der Waals surface area (Å²) in [6, 6.07) is 8.24. The van der Waals surface area contributed by atoms with Crippen molar-refractivity contribution in [3.63, 3.8) is 0 Å². The number of alkyl halides is 3. The SMILES string of the molecule is Fc1cnc(N=NCc2ccc(Nc3cccc(C(F)(F)F)c3)cn2)nc1NCC1CC1. The number of anilines is 3. The Kier molecular flexibility index (Phi) is 6.24. The van der Waals surface area contributed by atoms with Crippen LogP contribution in [0, 0.1) is 11.7 Å². The first kappa shape index (κ1) is 21.6. The van der Waals surface area contributed by atoms with E-state index in [0.29, 0.717) is 29.5 Å². The average molecular weight is 445 g/mol. The quantitative estimate of drug-likeness (QED) is 0.334. The van der Waals surface area contributed by atoms with Crippen molar-refractivity contribution in [3.8, 4) is 0 Å². The van der Waals surface area contributed by atoms with Gasteiger partial charge in [-0.2, -0.15) is 23.3 Å². The Bertz CT molecular complexity index is 1100. The van der Waals surface area contributed by atoms with Gasteiger partial charge in [0, 0.05) is 12.2 Å². The molecular weight excluding hydrogens is 426 g/mol. The Morgan fingerprint density at radius 1 is 1.03 bits per heavy atom. The minimum absolute atomic E-state index is 0.0348. The van der Waals surface area contributed by atoms with Crippen LogP contribution in [0.4, 0.5) is 40.7 Å². The topological polar surface area (TPSA) is 87.5 Å². The number of hydrogen-bond acceptors (Lipinski definition) is 7. The van der Waals surface area contributed by atoms with Crippen LogP contribution in [0.2, 0.25) is 0 Å². The number of benzene rings is 1. The minimum Gasteiger partial charge on any atom is -0.367 e. The molecule has 2 heterocycles. The van der Waals surface area contributed by atoms with Crippen molar-refractivity contribution in [2.24, 2.45) is 16.1 Å². The molecule has 0 atom stereocenters. The van der Waals surface area contributed by atoms with Gasteiger partial charge in [-0.1, -0.05) is 6.07 Å². The van der Waals surface area contributed by atoms with E-state index < -0.39 is 17.6 Å². The van der Waals surface area contributed by atoms with E-state index in [1.54, 1.807) is 12.1 Å². The molecule has 0 bridgehead atoms. The first-order valence-corrected chi connectivity index (χ1v) is 9.90. The highest BCUT2D eigenvalue weighted by molar-refractivity contribution is 5.59. The summed E-state index contributed by atoms with van der Waals surface area (Å²) in [7, 11) is 0. The zero-order valence-corrected chi connectivity index (χ0v) is 16.8. The number of rotatable bonds is 8. The molecule has 2 aromatic heterocycles. The Morgan fingerprint density at radius 2 is 1.88 bits per heavy atom.